The average Bonchev–Trinajstić information content (AvgIpc) is 2.57. The van der Waals surface area contributed by atoms with Gasteiger partial charge in [0.2, 0.25) is 17.7 Å². The maximum absolute atomic E-state index is 14.3. The number of hydrogen-bond donors (Lipinski definition) is 2. The van der Waals surface area contributed by atoms with E-state index in [9.17, 15) is 37.3 Å². The molecule has 0 aliphatic carbocycles. The molecular weight excluding hydrogens is 460 g/mol. The van der Waals surface area contributed by atoms with E-state index in [1.807, 2.05) is 0 Å². The van der Waals surface area contributed by atoms with E-state index in [-0.39, 0.29) is 35.9 Å². The molecule has 0 bridgehead atoms. The molecule has 0 aromatic heterocycles. The lowest BCUT2D eigenvalue weighted by atomic mass is 9.91. The van der Waals surface area contributed by atoms with Crippen molar-refractivity contribution >= 4 is 29.3 Å². The fraction of sp³-hybridized carbons (Fsp3) is 0.625. The number of nitrogens with zero attached hydrogens (tertiary/aromatic N) is 1. The summed E-state index contributed by atoms with van der Waals surface area (Å²) in [5.41, 5.74) is 4.51. The van der Waals surface area contributed by atoms with E-state index in [1.165, 1.54) is 0 Å². The van der Waals surface area contributed by atoms with Gasteiger partial charge in [-0.3, -0.25) is 10.1 Å². The van der Waals surface area contributed by atoms with E-state index in [1.54, 1.807) is 0 Å². The van der Waals surface area contributed by atoms with Gasteiger partial charge in [-0.25, -0.2) is 0 Å². The van der Waals surface area contributed by atoms with Crippen LogP contribution < -0.4 is 10.5 Å². The Labute approximate surface area is 178 Å². The molecule has 1 heterocycles. The zero-order valence-corrected chi connectivity index (χ0v) is 17.3. The molecule has 5 atom stereocenters. The van der Waals surface area contributed by atoms with Gasteiger partial charge in [0.25, 0.3) is 0 Å². The topological polar surface area (TPSA) is 131 Å². The maximum atomic E-state index is 14.3. The standard InChI is InChI=1S/C16H20F4N2O6S.ClH/c1-27-5-13(16(18,19)20)28-12-4-8(3-10(17)14(12)22(24)25)2-9-6-29(26)7-11(21)15(9)23;/h3-4,9,11,13,15,23H,2,5-7,21H2,1H3;1H/t9-,11+,13-,15+,29-;/m1./s1. The Morgan fingerprint density at radius 2 is 2.03 bits per heavy atom. The van der Waals surface area contributed by atoms with Gasteiger partial charge in [0, 0.05) is 13.0 Å². The molecule has 3 N–H and O–H groups in total. The molecular formula is C16H21ClF4N2O6S. The van der Waals surface area contributed by atoms with E-state index in [4.69, 9.17) is 10.5 Å². The van der Waals surface area contributed by atoms with E-state index >= 15 is 0 Å². The van der Waals surface area contributed by atoms with Crippen LogP contribution >= 0.6 is 12.4 Å². The maximum Gasteiger partial charge on any atom is 0.427 e. The Bertz CT molecular complexity index is 744. The summed E-state index contributed by atoms with van der Waals surface area (Å²) in [6.45, 7) is -0.957. The molecule has 0 unspecified atom stereocenters. The molecule has 0 saturated carbocycles. The van der Waals surface area contributed by atoms with E-state index in [0.717, 1.165) is 19.2 Å². The Hall–Kier alpha value is -1.38. The van der Waals surface area contributed by atoms with Crippen LogP contribution in [-0.2, 0) is 22.3 Å². The van der Waals surface area contributed by atoms with E-state index in [2.05, 4.69) is 4.74 Å². The van der Waals surface area contributed by atoms with Crippen LogP contribution in [0.25, 0.3) is 0 Å². The molecule has 2 rings (SSSR count). The first-order chi connectivity index (χ1) is 13.4. The Morgan fingerprint density at radius 1 is 1.40 bits per heavy atom. The normalized spacial score (nSPS) is 25.3. The monoisotopic (exact) mass is 480 g/mol. The van der Waals surface area contributed by atoms with Crippen LogP contribution in [0.2, 0.25) is 0 Å². The smallest absolute Gasteiger partial charge is 0.427 e. The minimum atomic E-state index is -4.92. The molecule has 0 radical (unpaired) electrons. The number of alkyl halides is 3. The highest BCUT2D eigenvalue weighted by Gasteiger charge is 2.43. The van der Waals surface area contributed by atoms with Crippen molar-refractivity contribution in [3.05, 3.63) is 33.6 Å². The van der Waals surface area contributed by atoms with Crippen molar-refractivity contribution < 1.29 is 41.6 Å². The Kier molecular flexibility index (Phi) is 9.57. The van der Waals surface area contributed by atoms with Gasteiger partial charge < -0.3 is 24.9 Å². The van der Waals surface area contributed by atoms with Crippen LogP contribution in [0.1, 0.15) is 5.56 Å². The number of halogens is 5. The zero-order chi connectivity index (χ0) is 21.9. The summed E-state index contributed by atoms with van der Waals surface area (Å²) in [4.78, 5) is 9.96. The van der Waals surface area contributed by atoms with Gasteiger partial charge in [-0.05, 0) is 24.1 Å². The van der Waals surface area contributed by atoms with Gasteiger partial charge in [0.1, 0.15) is 11.5 Å². The second-order valence-corrected chi connectivity index (χ2v) is 8.22. The quantitative estimate of drug-likeness (QED) is 0.263. The molecule has 1 aliphatic rings. The number of nitrogens with two attached hydrogens (primary N) is 1. The summed E-state index contributed by atoms with van der Waals surface area (Å²) >= 11 is -1.32. The molecule has 0 spiro atoms. The van der Waals surface area contributed by atoms with Crippen molar-refractivity contribution in [3.63, 3.8) is 0 Å². The van der Waals surface area contributed by atoms with Crippen LogP contribution in [0.4, 0.5) is 23.2 Å². The van der Waals surface area contributed by atoms with Crippen molar-refractivity contribution in [2.45, 2.75) is 30.8 Å². The molecule has 1 aliphatic heterocycles. The Balaban J connectivity index is 0.00000450. The van der Waals surface area contributed by atoms with E-state index < -0.39 is 70.3 Å². The first kappa shape index (κ1) is 26.7. The zero-order valence-electron chi connectivity index (χ0n) is 15.6. The molecule has 172 valence electrons. The lowest BCUT2D eigenvalue weighted by molar-refractivity contribution is -0.389. The second kappa shape index (κ2) is 10.8. The van der Waals surface area contributed by atoms with Gasteiger partial charge in [0.15, 0.2) is 0 Å². The average molecular weight is 481 g/mol. The molecule has 0 amide bonds. The lowest BCUT2D eigenvalue weighted by Crippen LogP contribution is -2.52. The number of aliphatic hydroxyl groups is 1. The lowest BCUT2D eigenvalue weighted by Gasteiger charge is -2.33. The first-order valence-electron chi connectivity index (χ1n) is 8.41. The fourth-order valence-electron chi connectivity index (χ4n) is 3.06. The number of nitro benzene ring substituents is 1. The highest BCUT2D eigenvalue weighted by atomic mass is 35.5. The van der Waals surface area contributed by atoms with Crippen LogP contribution in [0.5, 0.6) is 5.75 Å². The number of rotatable bonds is 7. The summed E-state index contributed by atoms with van der Waals surface area (Å²) in [5, 5.41) is 21.3. The van der Waals surface area contributed by atoms with E-state index in [0.29, 0.717) is 0 Å². The largest absolute Gasteiger partial charge is 0.616 e. The number of benzene rings is 1. The third-order valence-electron chi connectivity index (χ3n) is 4.42. The minimum absolute atomic E-state index is 0. The van der Waals surface area contributed by atoms with Crippen molar-refractivity contribution in [2.24, 2.45) is 11.7 Å². The first-order valence-corrected chi connectivity index (χ1v) is 9.90. The molecule has 1 aromatic rings. The predicted octanol–water partition coefficient (Wildman–Crippen LogP) is 1.72. The summed E-state index contributed by atoms with van der Waals surface area (Å²) in [7, 11) is 0.987. The fourth-order valence-corrected chi connectivity index (χ4v) is 4.62. The minimum Gasteiger partial charge on any atom is -0.616 e. The van der Waals surface area contributed by atoms with Gasteiger partial charge in [-0.2, -0.15) is 17.6 Å². The highest BCUT2D eigenvalue weighted by Crippen LogP contribution is 2.36. The van der Waals surface area contributed by atoms with Crippen molar-refractivity contribution in [3.8, 4) is 5.75 Å². The molecule has 1 aromatic carbocycles. The Morgan fingerprint density at radius 3 is 2.57 bits per heavy atom. The van der Waals surface area contributed by atoms with Crippen LogP contribution in [0.15, 0.2) is 12.1 Å². The number of ether oxygens (including phenoxy) is 2. The van der Waals surface area contributed by atoms with Crippen LogP contribution in [-0.4, -0.2) is 64.2 Å². The second-order valence-electron chi connectivity index (χ2n) is 6.68. The summed E-state index contributed by atoms with van der Waals surface area (Å²) in [6.07, 6.45) is -8.64. The molecule has 1 fully saturated rings. The third-order valence-corrected chi connectivity index (χ3v) is 5.98. The summed E-state index contributed by atoms with van der Waals surface area (Å²) in [5.74, 6) is -2.83. The molecule has 1 saturated heterocycles. The van der Waals surface area contributed by atoms with Crippen LogP contribution in [0.3, 0.4) is 0 Å². The van der Waals surface area contributed by atoms with Crippen molar-refractivity contribution in [1.82, 2.24) is 0 Å². The molecule has 8 nitrogen and oxygen atoms in total. The highest BCUT2D eigenvalue weighted by molar-refractivity contribution is 7.91. The van der Waals surface area contributed by atoms with Crippen molar-refractivity contribution in [2.75, 3.05) is 25.2 Å². The summed E-state index contributed by atoms with van der Waals surface area (Å²) < 4.78 is 74.5. The molecule has 30 heavy (non-hydrogen) atoms. The summed E-state index contributed by atoms with van der Waals surface area (Å²) in [6, 6.07) is 0.912. The number of aliphatic hydroxyl groups excluding tert-OH is 1. The number of nitro groups is 1. The van der Waals surface area contributed by atoms with Gasteiger partial charge >= 0.3 is 11.9 Å². The van der Waals surface area contributed by atoms with Gasteiger partial charge in [0.05, 0.1) is 23.7 Å². The molecule has 14 heteroatoms. The van der Waals surface area contributed by atoms with Crippen LogP contribution in [0, 0.1) is 21.8 Å². The van der Waals surface area contributed by atoms with Crippen molar-refractivity contribution in [1.29, 1.82) is 0 Å². The van der Waals surface area contributed by atoms with Gasteiger partial charge in [-0.15, -0.1) is 12.4 Å². The SMILES string of the molecule is COC[C@@H](Oc1cc(C[C@@H]2C[S@@+]([O-])C[C@H](N)[C@H]2O)cc(F)c1[N+](=O)[O-])C(F)(F)F.Cl. The third kappa shape index (κ3) is 6.56. The van der Waals surface area contributed by atoms with Gasteiger partial charge in [-0.1, -0.05) is 11.2 Å². The number of hydrogen-bond acceptors (Lipinski definition) is 7. The predicted molar refractivity (Wildman–Crippen MR) is 102 cm³/mol. The number of methoxy groups -OCH3 is 1.